The molecule has 2 aromatic carbocycles. The maximum absolute atomic E-state index is 9.10. The lowest BCUT2D eigenvalue weighted by molar-refractivity contribution is 0.295. The van der Waals surface area contributed by atoms with Gasteiger partial charge in [0.05, 0.1) is 34.0 Å². The van der Waals surface area contributed by atoms with Gasteiger partial charge in [-0.1, -0.05) is 28.1 Å². The number of phenols is 1. The number of benzene rings is 2. The maximum atomic E-state index is 9.10. The van der Waals surface area contributed by atoms with Crippen molar-refractivity contribution in [2.45, 2.75) is 6.42 Å². The van der Waals surface area contributed by atoms with Gasteiger partial charge in [0.1, 0.15) is 11.5 Å². The number of alkyl halides is 1. The second kappa shape index (κ2) is 11.6. The molecule has 0 aromatic heterocycles. The molecule has 0 saturated heterocycles. The van der Waals surface area contributed by atoms with Crippen molar-refractivity contribution in [3.8, 4) is 23.0 Å². The molecule has 0 atom stereocenters. The SMILES string of the molecule is [C-]#[N+]c1ccc(O)c(OC)c1.[C-]#[N+]c1ccc(OCCCBr)c(OC)c1. The fourth-order valence-corrected chi connectivity index (χ4v) is 2.05. The molecule has 0 radical (unpaired) electrons. The van der Waals surface area contributed by atoms with Crippen molar-refractivity contribution < 1.29 is 19.3 Å². The molecule has 2 aromatic rings. The Morgan fingerprint density at radius 1 is 0.923 bits per heavy atom. The highest BCUT2D eigenvalue weighted by Crippen LogP contribution is 2.31. The molecule has 0 bridgehead atoms. The summed E-state index contributed by atoms with van der Waals surface area (Å²) < 4.78 is 15.4. The number of aromatic hydroxyl groups is 1. The van der Waals surface area contributed by atoms with Crippen molar-refractivity contribution in [1.82, 2.24) is 0 Å². The molecule has 0 aliphatic heterocycles. The van der Waals surface area contributed by atoms with Gasteiger partial charge in [0, 0.05) is 5.33 Å². The van der Waals surface area contributed by atoms with Gasteiger partial charge in [-0.25, -0.2) is 9.69 Å². The molecule has 0 aliphatic carbocycles. The predicted octanol–water partition coefficient (Wildman–Crippen LogP) is 5.36. The zero-order valence-corrected chi connectivity index (χ0v) is 16.1. The van der Waals surface area contributed by atoms with Gasteiger partial charge in [-0.05, 0) is 30.7 Å². The summed E-state index contributed by atoms with van der Waals surface area (Å²) in [7, 11) is 3.02. The number of nitrogens with zero attached hydrogens (tertiary/aromatic N) is 2. The van der Waals surface area contributed by atoms with Crippen LogP contribution >= 0.6 is 15.9 Å². The highest BCUT2D eigenvalue weighted by atomic mass is 79.9. The highest BCUT2D eigenvalue weighted by Gasteiger charge is 2.05. The van der Waals surface area contributed by atoms with Crippen molar-refractivity contribution in [1.29, 1.82) is 0 Å². The molecule has 0 heterocycles. The first-order valence-corrected chi connectivity index (χ1v) is 8.70. The van der Waals surface area contributed by atoms with Crippen LogP contribution in [0.5, 0.6) is 23.0 Å². The number of halogens is 1. The van der Waals surface area contributed by atoms with Crippen LogP contribution in [0, 0.1) is 13.1 Å². The first-order chi connectivity index (χ1) is 12.6. The molecule has 0 fully saturated rings. The first-order valence-electron chi connectivity index (χ1n) is 7.58. The second-order valence-electron chi connectivity index (χ2n) is 4.81. The molecule has 136 valence electrons. The molecule has 0 aliphatic rings. The van der Waals surface area contributed by atoms with Crippen molar-refractivity contribution >= 4 is 27.3 Å². The van der Waals surface area contributed by atoms with Gasteiger partial charge in [0.2, 0.25) is 0 Å². The number of hydrogen-bond donors (Lipinski definition) is 1. The van der Waals surface area contributed by atoms with Crippen molar-refractivity contribution in [2.75, 3.05) is 26.2 Å². The third kappa shape index (κ3) is 6.54. The first kappa shape index (κ1) is 21.1. The Labute approximate surface area is 161 Å². The number of methoxy groups -OCH3 is 2. The zero-order valence-electron chi connectivity index (χ0n) is 14.5. The van der Waals surface area contributed by atoms with Crippen LogP contribution in [0.3, 0.4) is 0 Å². The lowest BCUT2D eigenvalue weighted by Gasteiger charge is -2.10. The molecule has 7 heteroatoms. The molecular weight excluding hydrogens is 400 g/mol. The van der Waals surface area contributed by atoms with Crippen LogP contribution in [-0.4, -0.2) is 31.3 Å². The van der Waals surface area contributed by atoms with Crippen LogP contribution in [0.2, 0.25) is 0 Å². The highest BCUT2D eigenvalue weighted by molar-refractivity contribution is 9.09. The van der Waals surface area contributed by atoms with E-state index in [1.165, 1.54) is 25.3 Å². The van der Waals surface area contributed by atoms with Gasteiger partial charge in [0.15, 0.2) is 22.9 Å². The van der Waals surface area contributed by atoms with Crippen LogP contribution < -0.4 is 14.2 Å². The minimum Gasteiger partial charge on any atom is -0.504 e. The maximum Gasteiger partial charge on any atom is 0.191 e. The summed E-state index contributed by atoms with van der Waals surface area (Å²) in [6.45, 7) is 14.2. The van der Waals surface area contributed by atoms with Gasteiger partial charge >= 0.3 is 0 Å². The van der Waals surface area contributed by atoms with Crippen molar-refractivity contribution in [3.63, 3.8) is 0 Å². The van der Waals surface area contributed by atoms with Crippen LogP contribution in [0.4, 0.5) is 11.4 Å². The fourth-order valence-electron chi connectivity index (χ4n) is 1.82. The fraction of sp³-hybridized carbons (Fsp3) is 0.263. The molecular formula is C19H19BrN2O4. The van der Waals surface area contributed by atoms with Gasteiger partial charge in [0.25, 0.3) is 0 Å². The Hall–Kier alpha value is -2.90. The smallest absolute Gasteiger partial charge is 0.191 e. The van der Waals surface area contributed by atoms with Crippen molar-refractivity contribution in [2.24, 2.45) is 0 Å². The minimum absolute atomic E-state index is 0.0555. The summed E-state index contributed by atoms with van der Waals surface area (Å²) >= 11 is 3.33. The molecule has 1 N–H and O–H groups in total. The third-order valence-corrected chi connectivity index (χ3v) is 3.66. The molecule has 2 rings (SSSR count). The van der Waals surface area contributed by atoms with E-state index in [0.717, 1.165) is 11.8 Å². The van der Waals surface area contributed by atoms with E-state index in [-0.39, 0.29) is 5.75 Å². The summed E-state index contributed by atoms with van der Waals surface area (Å²) in [6, 6.07) is 9.62. The summed E-state index contributed by atoms with van der Waals surface area (Å²) in [5.74, 6) is 1.68. The summed E-state index contributed by atoms with van der Waals surface area (Å²) in [5, 5.41) is 10.0. The topological polar surface area (TPSA) is 56.6 Å². The van der Waals surface area contributed by atoms with Gasteiger partial charge < -0.3 is 19.3 Å². The Balaban J connectivity index is 0.000000273. The van der Waals surface area contributed by atoms with Crippen LogP contribution in [0.15, 0.2) is 36.4 Å². The second-order valence-corrected chi connectivity index (χ2v) is 5.60. The molecule has 0 amide bonds. The van der Waals surface area contributed by atoms with E-state index in [4.69, 9.17) is 32.5 Å². The zero-order chi connectivity index (χ0) is 19.4. The minimum atomic E-state index is 0.0555. The van der Waals surface area contributed by atoms with E-state index in [0.29, 0.717) is 35.2 Å². The van der Waals surface area contributed by atoms with E-state index in [9.17, 15) is 0 Å². The van der Waals surface area contributed by atoms with Crippen LogP contribution in [-0.2, 0) is 0 Å². The molecule has 26 heavy (non-hydrogen) atoms. The molecule has 0 unspecified atom stereocenters. The van der Waals surface area contributed by atoms with E-state index in [2.05, 4.69) is 25.6 Å². The largest absolute Gasteiger partial charge is 0.504 e. The summed E-state index contributed by atoms with van der Waals surface area (Å²) in [6.07, 6.45) is 0.938. The summed E-state index contributed by atoms with van der Waals surface area (Å²) in [4.78, 5) is 6.50. The van der Waals surface area contributed by atoms with Gasteiger partial charge in [-0.2, -0.15) is 0 Å². The predicted molar refractivity (Wildman–Crippen MR) is 104 cm³/mol. The van der Waals surface area contributed by atoms with E-state index >= 15 is 0 Å². The Kier molecular flexibility index (Phi) is 9.45. The standard InChI is InChI=1S/C11H12BrNO2.C8H7NO2/c1-13-9-4-5-10(11(8-9)14-2)15-7-3-6-12;1-9-6-3-4-7(10)8(5-6)11-2/h4-5,8H,3,6-7H2,2H3;3-5,10H,2H3. The number of rotatable bonds is 6. The summed E-state index contributed by atoms with van der Waals surface area (Å²) in [5.41, 5.74) is 1.01. The normalized spacial score (nSPS) is 9.12. The van der Waals surface area contributed by atoms with E-state index in [1.54, 1.807) is 25.3 Å². The monoisotopic (exact) mass is 418 g/mol. The Morgan fingerprint density at radius 3 is 2.04 bits per heavy atom. The van der Waals surface area contributed by atoms with Crippen molar-refractivity contribution in [3.05, 3.63) is 59.2 Å². The number of ether oxygens (including phenoxy) is 3. The quantitative estimate of drug-likeness (QED) is 0.389. The van der Waals surface area contributed by atoms with E-state index < -0.39 is 0 Å². The average molecular weight is 419 g/mol. The third-order valence-electron chi connectivity index (χ3n) is 3.10. The van der Waals surface area contributed by atoms with Crippen LogP contribution in [0.25, 0.3) is 9.69 Å². The van der Waals surface area contributed by atoms with Crippen LogP contribution in [0.1, 0.15) is 6.42 Å². The lowest BCUT2D eigenvalue weighted by Crippen LogP contribution is -1.99. The Bertz CT molecular complexity index is 797. The average Bonchev–Trinajstić information content (AvgIpc) is 2.69. The van der Waals surface area contributed by atoms with E-state index in [1.807, 2.05) is 0 Å². The molecule has 6 nitrogen and oxygen atoms in total. The lowest BCUT2D eigenvalue weighted by atomic mass is 10.3. The molecule has 0 saturated carbocycles. The van der Waals surface area contributed by atoms with Gasteiger partial charge in [-0.15, -0.1) is 0 Å². The molecule has 0 spiro atoms. The Morgan fingerprint density at radius 2 is 1.50 bits per heavy atom. The van der Waals surface area contributed by atoms with Gasteiger partial charge in [-0.3, -0.25) is 0 Å². The number of phenolic OH excluding ortho intramolecular Hbond substituents is 1. The number of hydrogen-bond acceptors (Lipinski definition) is 4.